The third kappa shape index (κ3) is 4.37. The van der Waals surface area contributed by atoms with E-state index < -0.39 is 0 Å². The molecule has 0 spiro atoms. The summed E-state index contributed by atoms with van der Waals surface area (Å²) >= 11 is 5.84. The number of rotatable bonds is 5. The number of aromatic nitrogens is 4. The Hall–Kier alpha value is -3.98. The number of carbonyl (C=O) groups excluding carboxylic acids is 2. The van der Waals surface area contributed by atoms with Gasteiger partial charge in [-0.1, -0.05) is 11.6 Å². The lowest BCUT2D eigenvalue weighted by atomic mass is 10.1. The summed E-state index contributed by atoms with van der Waals surface area (Å²) in [5.41, 5.74) is 3.50. The molecule has 0 atom stereocenters. The van der Waals surface area contributed by atoms with Crippen molar-refractivity contribution in [1.82, 2.24) is 24.9 Å². The molecule has 10 heteroatoms. The molecular formula is C22H20ClN7O2. The lowest BCUT2D eigenvalue weighted by Gasteiger charge is -2.17. The van der Waals surface area contributed by atoms with Crippen molar-refractivity contribution < 1.29 is 9.59 Å². The smallest absolute Gasteiger partial charge is 0.320 e. The topological polar surface area (TPSA) is 105 Å². The quantitative estimate of drug-likeness (QED) is 0.450. The Bertz CT molecular complexity index is 1270. The van der Waals surface area contributed by atoms with Gasteiger partial charge in [-0.3, -0.25) is 10.1 Å². The summed E-state index contributed by atoms with van der Waals surface area (Å²) in [5.74, 6) is 0.244. The second-order valence-corrected chi connectivity index (χ2v) is 7.31. The van der Waals surface area contributed by atoms with E-state index in [0.717, 1.165) is 16.6 Å². The molecule has 162 valence electrons. The molecular weight excluding hydrogens is 430 g/mol. The van der Waals surface area contributed by atoms with E-state index in [9.17, 15) is 9.59 Å². The summed E-state index contributed by atoms with van der Waals surface area (Å²) in [6.45, 7) is 2.36. The van der Waals surface area contributed by atoms with E-state index in [1.807, 2.05) is 13.0 Å². The number of pyridine rings is 3. The number of hydrogen-bond acceptors (Lipinski definition) is 5. The molecule has 0 aliphatic carbocycles. The van der Waals surface area contributed by atoms with Crippen molar-refractivity contribution in [1.29, 1.82) is 0 Å². The Morgan fingerprint density at radius 3 is 2.62 bits per heavy atom. The predicted molar refractivity (Wildman–Crippen MR) is 123 cm³/mol. The van der Waals surface area contributed by atoms with Gasteiger partial charge in [-0.2, -0.15) is 5.10 Å². The van der Waals surface area contributed by atoms with Gasteiger partial charge in [0.15, 0.2) is 0 Å². The number of nitrogens with one attached hydrogen (secondary N) is 2. The summed E-state index contributed by atoms with van der Waals surface area (Å²) in [6, 6.07) is 10.1. The van der Waals surface area contributed by atoms with E-state index in [4.69, 9.17) is 11.6 Å². The van der Waals surface area contributed by atoms with Gasteiger partial charge in [0.25, 0.3) is 5.91 Å². The van der Waals surface area contributed by atoms with Gasteiger partial charge >= 0.3 is 6.03 Å². The predicted octanol–water partition coefficient (Wildman–Crippen LogP) is 3.86. The van der Waals surface area contributed by atoms with E-state index in [2.05, 4.69) is 25.7 Å². The van der Waals surface area contributed by atoms with Crippen LogP contribution in [0.5, 0.6) is 0 Å². The summed E-state index contributed by atoms with van der Waals surface area (Å²) in [4.78, 5) is 34.5. The van der Waals surface area contributed by atoms with Crippen molar-refractivity contribution in [2.24, 2.45) is 0 Å². The number of hydrogen-bond donors (Lipinski definition) is 2. The van der Waals surface area contributed by atoms with Crippen LogP contribution in [0.4, 0.5) is 16.3 Å². The first kappa shape index (κ1) is 21.3. The number of anilines is 2. The molecule has 0 aliphatic rings. The minimum Gasteiger partial charge on any atom is -0.338 e. The maximum Gasteiger partial charge on any atom is 0.320 e. The van der Waals surface area contributed by atoms with Crippen LogP contribution in [0.2, 0.25) is 5.15 Å². The van der Waals surface area contributed by atoms with E-state index in [0.29, 0.717) is 28.8 Å². The molecule has 0 aliphatic heterocycles. The maximum atomic E-state index is 13.0. The number of urea groups is 1. The molecule has 0 bridgehead atoms. The summed E-state index contributed by atoms with van der Waals surface area (Å²) in [6.07, 6.45) is 6.65. The summed E-state index contributed by atoms with van der Waals surface area (Å²) < 4.78 is 1.69. The highest BCUT2D eigenvalue weighted by Gasteiger charge is 2.16. The van der Waals surface area contributed by atoms with Gasteiger partial charge in [-0.25, -0.2) is 19.3 Å². The lowest BCUT2D eigenvalue weighted by Crippen LogP contribution is -2.28. The van der Waals surface area contributed by atoms with Crippen molar-refractivity contribution in [2.75, 3.05) is 23.8 Å². The van der Waals surface area contributed by atoms with Crippen LogP contribution in [0.25, 0.3) is 16.6 Å². The maximum absolute atomic E-state index is 13.0. The highest BCUT2D eigenvalue weighted by molar-refractivity contribution is 6.29. The van der Waals surface area contributed by atoms with Crippen molar-refractivity contribution in [3.8, 4) is 11.1 Å². The first-order valence-electron chi connectivity index (χ1n) is 9.84. The molecule has 4 heterocycles. The first-order chi connectivity index (χ1) is 15.5. The lowest BCUT2D eigenvalue weighted by molar-refractivity contribution is 0.0993. The van der Waals surface area contributed by atoms with Crippen LogP contribution in [-0.4, -0.2) is 45.1 Å². The van der Waals surface area contributed by atoms with Crippen molar-refractivity contribution >= 4 is 40.6 Å². The molecule has 9 nitrogen and oxygen atoms in total. The fourth-order valence-electron chi connectivity index (χ4n) is 3.16. The van der Waals surface area contributed by atoms with Gasteiger partial charge in [0, 0.05) is 42.7 Å². The van der Waals surface area contributed by atoms with Crippen LogP contribution in [0.3, 0.4) is 0 Å². The minimum atomic E-state index is -0.313. The normalized spacial score (nSPS) is 10.7. The Kier molecular flexibility index (Phi) is 6.00. The fraction of sp³-hybridized carbons (Fsp3) is 0.136. The Morgan fingerprint density at radius 1 is 1.09 bits per heavy atom. The number of fused-ring (bicyclic) bond motifs is 1. The molecule has 4 rings (SSSR count). The first-order valence-corrected chi connectivity index (χ1v) is 10.2. The SMILES string of the molecule is CCNC(=O)Nc1ccc(-c2cnn3ccc(C(=O)N(C)c4ccc(Cl)nc4)cc23)cn1. The molecule has 3 amide bonds. The average Bonchev–Trinajstić information content (AvgIpc) is 3.22. The van der Waals surface area contributed by atoms with Gasteiger partial charge < -0.3 is 10.2 Å². The van der Waals surface area contributed by atoms with Gasteiger partial charge in [0.2, 0.25) is 0 Å². The molecule has 4 aromatic heterocycles. The highest BCUT2D eigenvalue weighted by Crippen LogP contribution is 2.26. The zero-order chi connectivity index (χ0) is 22.7. The zero-order valence-corrected chi connectivity index (χ0v) is 18.2. The summed E-state index contributed by atoms with van der Waals surface area (Å²) in [5, 5.41) is 10.0. The monoisotopic (exact) mass is 449 g/mol. The zero-order valence-electron chi connectivity index (χ0n) is 17.4. The second-order valence-electron chi connectivity index (χ2n) is 6.92. The van der Waals surface area contributed by atoms with Crippen LogP contribution in [0.1, 0.15) is 17.3 Å². The molecule has 0 unspecified atom stereocenters. The Morgan fingerprint density at radius 2 is 1.94 bits per heavy atom. The van der Waals surface area contributed by atoms with Crippen molar-refractivity contribution in [2.45, 2.75) is 6.92 Å². The second kappa shape index (κ2) is 9.03. The highest BCUT2D eigenvalue weighted by atomic mass is 35.5. The van der Waals surface area contributed by atoms with Crippen LogP contribution < -0.4 is 15.5 Å². The van der Waals surface area contributed by atoms with E-state index in [1.54, 1.807) is 66.7 Å². The van der Waals surface area contributed by atoms with E-state index in [-0.39, 0.29) is 11.9 Å². The third-order valence-electron chi connectivity index (χ3n) is 4.83. The molecule has 0 radical (unpaired) electrons. The molecule has 0 saturated carbocycles. The molecule has 0 fully saturated rings. The molecule has 32 heavy (non-hydrogen) atoms. The van der Waals surface area contributed by atoms with Gasteiger partial charge in [0.05, 0.1) is 23.6 Å². The average molecular weight is 450 g/mol. The van der Waals surface area contributed by atoms with Crippen LogP contribution in [0, 0.1) is 0 Å². The van der Waals surface area contributed by atoms with Crippen LogP contribution >= 0.6 is 11.6 Å². The van der Waals surface area contributed by atoms with Crippen molar-refractivity contribution in [3.63, 3.8) is 0 Å². The standard InChI is InChI=1S/C22H20ClN7O2/c1-3-24-22(32)28-20-7-4-15(11-26-20)17-13-27-30-9-8-14(10-18(17)30)21(31)29(2)16-5-6-19(23)25-12-16/h4-13H,3H2,1-2H3,(H2,24,26,28,32). The van der Waals surface area contributed by atoms with Gasteiger partial charge in [-0.15, -0.1) is 0 Å². The van der Waals surface area contributed by atoms with E-state index in [1.165, 1.54) is 4.90 Å². The Labute approximate surface area is 189 Å². The van der Waals surface area contributed by atoms with Crippen LogP contribution in [-0.2, 0) is 0 Å². The number of carbonyl (C=O) groups is 2. The van der Waals surface area contributed by atoms with Gasteiger partial charge in [0.1, 0.15) is 11.0 Å². The Balaban J connectivity index is 1.61. The largest absolute Gasteiger partial charge is 0.338 e. The molecule has 0 aromatic carbocycles. The molecule has 0 saturated heterocycles. The fourth-order valence-corrected chi connectivity index (χ4v) is 3.27. The van der Waals surface area contributed by atoms with Crippen LogP contribution in [0.15, 0.2) is 61.2 Å². The minimum absolute atomic E-state index is 0.191. The summed E-state index contributed by atoms with van der Waals surface area (Å²) in [7, 11) is 1.68. The van der Waals surface area contributed by atoms with Gasteiger partial charge in [-0.05, 0) is 43.3 Å². The molecule has 4 aromatic rings. The third-order valence-corrected chi connectivity index (χ3v) is 5.05. The number of amides is 3. The number of nitrogens with zero attached hydrogens (tertiary/aromatic N) is 5. The number of halogens is 1. The molecule has 2 N–H and O–H groups in total. The van der Waals surface area contributed by atoms with E-state index >= 15 is 0 Å². The van der Waals surface area contributed by atoms with Crippen molar-refractivity contribution in [3.05, 3.63) is 71.9 Å².